The third kappa shape index (κ3) is 6.75. The zero-order valence-electron chi connectivity index (χ0n) is 21.7. The highest BCUT2D eigenvalue weighted by atomic mass is 32.1. The Labute approximate surface area is 236 Å². The van der Waals surface area contributed by atoms with Crippen molar-refractivity contribution in [2.24, 2.45) is 5.73 Å². The van der Waals surface area contributed by atoms with Gasteiger partial charge in [-0.05, 0) is 48.6 Å². The maximum Gasteiger partial charge on any atom is 0.326 e. The van der Waals surface area contributed by atoms with Crippen LogP contribution in [-0.4, -0.2) is 80.3 Å². The number of aliphatic carboxylic acids is 1. The number of nitrogens with two attached hydrogens (primary N) is 1. The molecule has 1 fully saturated rings. The van der Waals surface area contributed by atoms with Crippen LogP contribution in [0.1, 0.15) is 24.0 Å². The van der Waals surface area contributed by atoms with Crippen LogP contribution >= 0.6 is 12.6 Å². The topological polar surface area (TPSA) is 178 Å². The zero-order chi connectivity index (χ0) is 28.8. The Kier molecular flexibility index (Phi) is 9.33. The van der Waals surface area contributed by atoms with E-state index in [2.05, 4.69) is 28.2 Å². The average Bonchev–Trinajstić information content (AvgIpc) is 3.60. The molecule has 0 spiro atoms. The van der Waals surface area contributed by atoms with Gasteiger partial charge in [0.1, 0.15) is 23.9 Å². The van der Waals surface area contributed by atoms with E-state index in [1.807, 2.05) is 24.3 Å². The Hall–Kier alpha value is -4.03. The van der Waals surface area contributed by atoms with Gasteiger partial charge in [0, 0.05) is 35.8 Å². The highest BCUT2D eigenvalue weighted by Gasteiger charge is 2.38. The van der Waals surface area contributed by atoms with Crippen LogP contribution in [-0.2, 0) is 32.0 Å². The van der Waals surface area contributed by atoms with Crippen LogP contribution in [0.25, 0.3) is 10.9 Å². The first-order chi connectivity index (χ1) is 19.2. The molecule has 4 atom stereocenters. The van der Waals surface area contributed by atoms with Crippen molar-refractivity contribution in [2.75, 3.05) is 12.3 Å². The number of hydrogen-bond donors (Lipinski definition) is 7. The summed E-state index contributed by atoms with van der Waals surface area (Å²) in [6.07, 6.45) is 2.95. The number of carboxylic acid groups (broad SMARTS) is 1. The number of fused-ring (bicyclic) bond motifs is 1. The minimum absolute atomic E-state index is 0.0444. The largest absolute Gasteiger partial charge is 0.508 e. The van der Waals surface area contributed by atoms with Crippen molar-refractivity contribution in [1.82, 2.24) is 20.5 Å². The van der Waals surface area contributed by atoms with Gasteiger partial charge in [0.15, 0.2) is 0 Å². The molecule has 0 aliphatic carbocycles. The SMILES string of the molecule is NC(Cc1c[nH]c2ccccc12)C(=O)NC(CS)C(=O)NC(Cc1ccc(O)cc1)C(=O)N1CCCC1C(=O)O. The lowest BCUT2D eigenvalue weighted by Gasteiger charge is -2.29. The summed E-state index contributed by atoms with van der Waals surface area (Å²) in [5.41, 5.74) is 8.61. The van der Waals surface area contributed by atoms with E-state index in [1.165, 1.54) is 17.0 Å². The molecule has 1 saturated heterocycles. The number of carbonyl (C=O) groups excluding carboxylic acids is 3. The Morgan fingerprint density at radius 1 is 1.02 bits per heavy atom. The Morgan fingerprint density at radius 3 is 2.42 bits per heavy atom. The summed E-state index contributed by atoms with van der Waals surface area (Å²) in [6, 6.07) is 9.67. The second kappa shape index (κ2) is 12.9. The number of carboxylic acids is 1. The molecule has 0 saturated carbocycles. The molecule has 0 radical (unpaired) electrons. The quantitative estimate of drug-likeness (QED) is 0.169. The van der Waals surface area contributed by atoms with Gasteiger partial charge in [0.05, 0.1) is 6.04 Å². The lowest BCUT2D eigenvalue weighted by Crippen LogP contribution is -2.58. The molecule has 1 aromatic heterocycles. The van der Waals surface area contributed by atoms with E-state index in [-0.39, 0.29) is 30.9 Å². The number of nitrogens with zero attached hydrogens (tertiary/aromatic N) is 1. The monoisotopic (exact) mass is 567 g/mol. The van der Waals surface area contributed by atoms with E-state index >= 15 is 0 Å². The van der Waals surface area contributed by atoms with E-state index in [4.69, 9.17) is 5.73 Å². The standard InChI is InChI=1S/C28H33N5O6S/c29-20(13-17-14-30-21-5-2-1-4-19(17)21)25(35)32-23(15-40)26(36)31-22(12-16-7-9-18(34)10-8-16)27(37)33-11-3-6-24(33)28(38)39/h1-2,4-5,7-10,14,20,22-24,30,34,40H,3,6,11-13,15,29H2,(H,31,36)(H,32,35)(H,38,39). The number of aromatic amines is 1. The molecule has 1 aliphatic rings. The van der Waals surface area contributed by atoms with Crippen molar-refractivity contribution < 1.29 is 29.4 Å². The van der Waals surface area contributed by atoms with Crippen LogP contribution in [0.3, 0.4) is 0 Å². The molecule has 4 rings (SSSR count). The first-order valence-corrected chi connectivity index (χ1v) is 13.6. The summed E-state index contributed by atoms with van der Waals surface area (Å²) in [5.74, 6) is -2.85. The van der Waals surface area contributed by atoms with Crippen molar-refractivity contribution in [2.45, 2.75) is 49.9 Å². The number of nitrogens with one attached hydrogen (secondary N) is 3. The van der Waals surface area contributed by atoms with Gasteiger partial charge in [-0.2, -0.15) is 12.6 Å². The second-order valence-corrected chi connectivity index (χ2v) is 10.2. The Bertz CT molecular complexity index is 1380. The summed E-state index contributed by atoms with van der Waals surface area (Å²) in [6.45, 7) is 0.257. The number of hydrogen-bond acceptors (Lipinski definition) is 7. The van der Waals surface area contributed by atoms with Crippen LogP contribution in [0.5, 0.6) is 5.75 Å². The first-order valence-electron chi connectivity index (χ1n) is 13.0. The molecule has 40 heavy (non-hydrogen) atoms. The van der Waals surface area contributed by atoms with Gasteiger partial charge in [-0.1, -0.05) is 30.3 Å². The third-order valence-electron chi connectivity index (χ3n) is 7.08. The number of para-hydroxylation sites is 1. The maximum absolute atomic E-state index is 13.5. The summed E-state index contributed by atoms with van der Waals surface area (Å²) in [5, 5.41) is 25.4. The lowest BCUT2D eigenvalue weighted by atomic mass is 10.0. The van der Waals surface area contributed by atoms with Crippen molar-refractivity contribution >= 4 is 47.2 Å². The van der Waals surface area contributed by atoms with Crippen LogP contribution < -0.4 is 16.4 Å². The smallest absolute Gasteiger partial charge is 0.326 e. The molecule has 4 unspecified atom stereocenters. The number of H-pyrrole nitrogens is 1. The van der Waals surface area contributed by atoms with Crippen molar-refractivity contribution in [3.8, 4) is 5.75 Å². The summed E-state index contributed by atoms with van der Waals surface area (Å²) in [7, 11) is 0. The van der Waals surface area contributed by atoms with Gasteiger partial charge < -0.3 is 36.5 Å². The maximum atomic E-state index is 13.5. The molecule has 11 nitrogen and oxygen atoms in total. The van der Waals surface area contributed by atoms with Crippen LogP contribution in [0.2, 0.25) is 0 Å². The summed E-state index contributed by atoms with van der Waals surface area (Å²) >= 11 is 4.23. The normalized spacial score (nSPS) is 17.2. The Balaban J connectivity index is 1.45. The minimum atomic E-state index is -1.11. The van der Waals surface area contributed by atoms with Crippen molar-refractivity contribution in [1.29, 1.82) is 0 Å². The molecular weight excluding hydrogens is 534 g/mol. The number of aromatic nitrogens is 1. The number of thiol groups is 1. The predicted molar refractivity (Wildman–Crippen MR) is 152 cm³/mol. The highest BCUT2D eigenvalue weighted by molar-refractivity contribution is 7.80. The van der Waals surface area contributed by atoms with E-state index in [1.54, 1.807) is 18.3 Å². The van der Waals surface area contributed by atoms with Gasteiger partial charge in [-0.25, -0.2) is 4.79 Å². The number of phenols is 1. The number of carbonyl (C=O) groups is 4. The number of likely N-dealkylation sites (tertiary alicyclic amines) is 1. The molecular formula is C28H33N5O6S. The average molecular weight is 568 g/mol. The van der Waals surface area contributed by atoms with Gasteiger partial charge in [-0.3, -0.25) is 14.4 Å². The summed E-state index contributed by atoms with van der Waals surface area (Å²) in [4.78, 5) is 55.8. The van der Waals surface area contributed by atoms with E-state index in [0.717, 1.165) is 16.5 Å². The van der Waals surface area contributed by atoms with Crippen LogP contribution in [0.4, 0.5) is 0 Å². The fourth-order valence-electron chi connectivity index (χ4n) is 4.93. The van der Waals surface area contributed by atoms with Gasteiger partial charge >= 0.3 is 5.97 Å². The zero-order valence-corrected chi connectivity index (χ0v) is 22.6. The first kappa shape index (κ1) is 29.0. The predicted octanol–water partition coefficient (Wildman–Crippen LogP) is 0.961. The van der Waals surface area contributed by atoms with Gasteiger partial charge in [0.25, 0.3) is 0 Å². The van der Waals surface area contributed by atoms with E-state index in [9.17, 15) is 29.4 Å². The number of amides is 3. The molecule has 0 bridgehead atoms. The number of phenolic OH excluding ortho intramolecular Hbond substituents is 1. The Morgan fingerprint density at radius 2 is 1.73 bits per heavy atom. The molecule has 12 heteroatoms. The summed E-state index contributed by atoms with van der Waals surface area (Å²) < 4.78 is 0. The number of rotatable bonds is 11. The fourth-order valence-corrected chi connectivity index (χ4v) is 5.19. The fraction of sp³-hybridized carbons (Fsp3) is 0.357. The molecule has 1 aliphatic heterocycles. The van der Waals surface area contributed by atoms with Crippen LogP contribution in [0.15, 0.2) is 54.7 Å². The molecule has 3 amide bonds. The molecule has 3 aromatic rings. The van der Waals surface area contributed by atoms with Gasteiger partial charge in [0.2, 0.25) is 17.7 Å². The lowest BCUT2D eigenvalue weighted by molar-refractivity contribution is -0.149. The van der Waals surface area contributed by atoms with Gasteiger partial charge in [-0.15, -0.1) is 0 Å². The second-order valence-electron chi connectivity index (χ2n) is 9.87. The van der Waals surface area contributed by atoms with E-state index in [0.29, 0.717) is 18.4 Å². The minimum Gasteiger partial charge on any atom is -0.508 e. The molecule has 212 valence electrons. The van der Waals surface area contributed by atoms with Crippen LogP contribution in [0, 0.1) is 0 Å². The van der Waals surface area contributed by atoms with E-state index < -0.39 is 47.9 Å². The third-order valence-corrected chi connectivity index (χ3v) is 7.44. The molecule has 2 heterocycles. The molecule has 2 aromatic carbocycles. The number of aromatic hydroxyl groups is 1. The molecule has 7 N–H and O–H groups in total. The number of benzene rings is 2. The highest BCUT2D eigenvalue weighted by Crippen LogP contribution is 2.21. The van der Waals surface area contributed by atoms with Crippen molar-refractivity contribution in [3.63, 3.8) is 0 Å². The van der Waals surface area contributed by atoms with Crippen molar-refractivity contribution in [3.05, 3.63) is 65.9 Å².